The fourth-order valence-corrected chi connectivity index (χ4v) is 3.60. The van der Waals surface area contributed by atoms with Crippen molar-refractivity contribution in [1.29, 1.82) is 0 Å². The van der Waals surface area contributed by atoms with E-state index in [9.17, 15) is 0 Å². The molecule has 2 heteroatoms. The molecule has 0 N–H and O–H groups in total. The summed E-state index contributed by atoms with van der Waals surface area (Å²) >= 11 is 8.45. The summed E-state index contributed by atoms with van der Waals surface area (Å²) in [6, 6.07) is 4.47. The smallest absolute Gasteiger partial charge is 0.0706 e. The quantitative estimate of drug-likeness (QED) is 0.638. The van der Waals surface area contributed by atoms with E-state index in [0.717, 1.165) is 5.92 Å². The fourth-order valence-electron chi connectivity index (χ4n) is 2.02. The van der Waals surface area contributed by atoms with Crippen LogP contribution < -0.4 is 0 Å². The Hall–Kier alpha value is -0.0100. The first-order valence-electron chi connectivity index (χ1n) is 6.14. The third-order valence-electron chi connectivity index (χ3n) is 3.46. The molecule has 16 heavy (non-hydrogen) atoms. The van der Waals surface area contributed by atoms with Crippen molar-refractivity contribution in [2.24, 2.45) is 11.8 Å². The van der Waals surface area contributed by atoms with E-state index in [2.05, 4.69) is 39.8 Å². The van der Waals surface area contributed by atoms with Gasteiger partial charge in [0.15, 0.2) is 0 Å². The SMILES string of the molecule is CC(C1CC1)C(Cl)c1ccc(C(C)(C)C)s1. The molecule has 0 nitrogen and oxygen atoms in total. The Morgan fingerprint density at radius 2 is 1.94 bits per heavy atom. The topological polar surface area (TPSA) is 0 Å². The predicted molar refractivity (Wildman–Crippen MR) is 73.5 cm³/mol. The van der Waals surface area contributed by atoms with Gasteiger partial charge in [-0.3, -0.25) is 0 Å². The molecule has 0 saturated heterocycles. The molecule has 0 spiro atoms. The van der Waals surface area contributed by atoms with Crippen LogP contribution in [0.15, 0.2) is 12.1 Å². The molecule has 0 aromatic carbocycles. The van der Waals surface area contributed by atoms with Gasteiger partial charge in [0.05, 0.1) is 5.38 Å². The van der Waals surface area contributed by atoms with Gasteiger partial charge in [0, 0.05) is 9.75 Å². The van der Waals surface area contributed by atoms with Crippen LogP contribution in [-0.4, -0.2) is 0 Å². The first kappa shape index (κ1) is 12.4. The molecule has 1 fully saturated rings. The average molecular weight is 257 g/mol. The Balaban J connectivity index is 2.11. The lowest BCUT2D eigenvalue weighted by Gasteiger charge is -2.17. The highest BCUT2D eigenvalue weighted by molar-refractivity contribution is 7.12. The van der Waals surface area contributed by atoms with Crippen LogP contribution in [0.1, 0.15) is 55.7 Å². The summed E-state index contributed by atoms with van der Waals surface area (Å²) in [5, 5.41) is 0.216. The van der Waals surface area contributed by atoms with Crippen molar-refractivity contribution in [2.75, 3.05) is 0 Å². The van der Waals surface area contributed by atoms with Crippen LogP contribution in [0.3, 0.4) is 0 Å². The molecule has 0 amide bonds. The molecule has 1 saturated carbocycles. The zero-order valence-corrected chi connectivity index (χ0v) is 12.2. The molecule has 1 heterocycles. The van der Waals surface area contributed by atoms with Gasteiger partial charge in [-0.15, -0.1) is 22.9 Å². The largest absolute Gasteiger partial charge is 0.143 e. The molecule has 0 radical (unpaired) electrons. The van der Waals surface area contributed by atoms with Crippen molar-refractivity contribution in [1.82, 2.24) is 0 Å². The fraction of sp³-hybridized carbons (Fsp3) is 0.714. The average Bonchev–Trinajstić information content (AvgIpc) is 2.91. The summed E-state index contributed by atoms with van der Waals surface area (Å²) in [5.41, 5.74) is 0.252. The summed E-state index contributed by atoms with van der Waals surface area (Å²) < 4.78 is 0. The van der Waals surface area contributed by atoms with Gasteiger partial charge in [-0.05, 0) is 42.2 Å². The Kier molecular flexibility index (Phi) is 3.38. The lowest BCUT2D eigenvalue weighted by Crippen LogP contribution is -2.08. The van der Waals surface area contributed by atoms with E-state index in [0.29, 0.717) is 5.92 Å². The molecule has 1 aliphatic rings. The zero-order chi connectivity index (χ0) is 11.9. The van der Waals surface area contributed by atoms with Crippen molar-refractivity contribution in [3.63, 3.8) is 0 Å². The minimum absolute atomic E-state index is 0.216. The van der Waals surface area contributed by atoms with Crippen LogP contribution in [0.25, 0.3) is 0 Å². The van der Waals surface area contributed by atoms with Crippen molar-refractivity contribution < 1.29 is 0 Å². The number of hydrogen-bond acceptors (Lipinski definition) is 1. The zero-order valence-electron chi connectivity index (χ0n) is 10.6. The Morgan fingerprint density at radius 3 is 2.38 bits per heavy atom. The van der Waals surface area contributed by atoms with E-state index in [4.69, 9.17) is 11.6 Å². The molecular weight excluding hydrogens is 236 g/mol. The Morgan fingerprint density at radius 1 is 1.31 bits per heavy atom. The Labute approximate surface area is 108 Å². The number of alkyl halides is 1. The van der Waals surface area contributed by atoms with Gasteiger partial charge in [0.2, 0.25) is 0 Å². The molecule has 1 aromatic rings. The first-order chi connectivity index (χ1) is 7.39. The van der Waals surface area contributed by atoms with Crippen molar-refractivity contribution in [2.45, 2.75) is 51.3 Å². The van der Waals surface area contributed by atoms with E-state index < -0.39 is 0 Å². The van der Waals surface area contributed by atoms with Gasteiger partial charge in [-0.2, -0.15) is 0 Å². The van der Waals surface area contributed by atoms with E-state index in [-0.39, 0.29) is 10.8 Å². The lowest BCUT2D eigenvalue weighted by atomic mass is 9.95. The van der Waals surface area contributed by atoms with Crippen LogP contribution in [0, 0.1) is 11.8 Å². The van der Waals surface area contributed by atoms with Gasteiger partial charge in [0.25, 0.3) is 0 Å². The van der Waals surface area contributed by atoms with Gasteiger partial charge in [0.1, 0.15) is 0 Å². The maximum Gasteiger partial charge on any atom is 0.0706 e. The van der Waals surface area contributed by atoms with Gasteiger partial charge in [-0.1, -0.05) is 27.7 Å². The van der Waals surface area contributed by atoms with Crippen LogP contribution in [-0.2, 0) is 5.41 Å². The number of thiophene rings is 1. The van der Waals surface area contributed by atoms with Crippen LogP contribution in [0.5, 0.6) is 0 Å². The molecule has 0 bridgehead atoms. The van der Waals surface area contributed by atoms with E-state index in [1.54, 1.807) is 0 Å². The third kappa shape index (κ3) is 2.62. The summed E-state index contributed by atoms with van der Waals surface area (Å²) in [6.45, 7) is 9.08. The second-order valence-corrected chi connectivity index (χ2v) is 7.64. The number of hydrogen-bond donors (Lipinski definition) is 0. The summed E-state index contributed by atoms with van der Waals surface area (Å²) in [4.78, 5) is 2.79. The first-order valence-corrected chi connectivity index (χ1v) is 7.39. The van der Waals surface area contributed by atoms with E-state index >= 15 is 0 Å². The number of halogens is 1. The minimum atomic E-state index is 0.216. The molecule has 1 aromatic heterocycles. The second kappa shape index (κ2) is 4.34. The number of rotatable bonds is 3. The normalized spacial score (nSPS) is 20.8. The summed E-state index contributed by atoms with van der Waals surface area (Å²) in [6.07, 6.45) is 2.75. The van der Waals surface area contributed by atoms with Crippen molar-refractivity contribution >= 4 is 22.9 Å². The molecule has 1 aliphatic carbocycles. The van der Waals surface area contributed by atoms with Gasteiger partial charge in [-0.25, -0.2) is 0 Å². The molecule has 2 rings (SSSR count). The highest BCUT2D eigenvalue weighted by Gasteiger charge is 2.34. The maximum atomic E-state index is 6.57. The molecule has 2 atom stereocenters. The van der Waals surface area contributed by atoms with Crippen LogP contribution >= 0.6 is 22.9 Å². The highest BCUT2D eigenvalue weighted by atomic mass is 35.5. The predicted octanol–water partition coefficient (Wildman–Crippen LogP) is 5.37. The highest BCUT2D eigenvalue weighted by Crippen LogP contribution is 2.47. The summed E-state index contributed by atoms with van der Waals surface area (Å²) in [7, 11) is 0. The van der Waals surface area contributed by atoms with Crippen molar-refractivity contribution in [3.8, 4) is 0 Å². The van der Waals surface area contributed by atoms with Crippen molar-refractivity contribution in [3.05, 3.63) is 21.9 Å². The standard InChI is InChI=1S/C14H21ClS/c1-9(10-5-6-10)13(15)11-7-8-12(16-11)14(2,3)4/h7-10,13H,5-6H2,1-4H3. The van der Waals surface area contributed by atoms with Gasteiger partial charge >= 0.3 is 0 Å². The third-order valence-corrected chi connectivity index (χ3v) is 5.82. The van der Waals surface area contributed by atoms with Crippen LogP contribution in [0.4, 0.5) is 0 Å². The summed E-state index contributed by atoms with van der Waals surface area (Å²) in [5.74, 6) is 1.51. The van der Waals surface area contributed by atoms with E-state index in [1.807, 2.05) is 11.3 Å². The maximum absolute atomic E-state index is 6.57. The molecule has 90 valence electrons. The Bertz CT molecular complexity index is 357. The van der Waals surface area contributed by atoms with Crippen LogP contribution in [0.2, 0.25) is 0 Å². The molecular formula is C14H21ClS. The van der Waals surface area contributed by atoms with Gasteiger partial charge < -0.3 is 0 Å². The molecule has 0 aliphatic heterocycles. The molecule has 2 unspecified atom stereocenters. The minimum Gasteiger partial charge on any atom is -0.143 e. The lowest BCUT2D eigenvalue weighted by molar-refractivity contribution is 0.495. The van der Waals surface area contributed by atoms with E-state index in [1.165, 1.54) is 22.6 Å². The second-order valence-electron chi connectivity index (χ2n) is 6.05. The monoisotopic (exact) mass is 256 g/mol.